The first-order chi connectivity index (χ1) is 11.5. The molecule has 0 spiro atoms. The van der Waals surface area contributed by atoms with Crippen LogP contribution in [-0.4, -0.2) is 19.9 Å². The van der Waals surface area contributed by atoms with Crippen molar-refractivity contribution in [2.75, 3.05) is 5.32 Å². The Kier molecular flexibility index (Phi) is 5.51. The standard InChI is InChI=1S/C17H18ClFN2O3S/c1-17(2,3)21-25(23,24)13-7-4-11(5-8-13)16(22)20-15-10-12(18)6-9-14(15)19/h4-10,21H,1-3H3,(H,20,22). The molecule has 0 radical (unpaired) electrons. The van der Waals surface area contributed by atoms with Crippen molar-refractivity contribution in [3.8, 4) is 0 Å². The summed E-state index contributed by atoms with van der Waals surface area (Å²) in [6, 6.07) is 9.15. The van der Waals surface area contributed by atoms with E-state index in [4.69, 9.17) is 11.6 Å². The number of amides is 1. The number of nitrogens with one attached hydrogen (secondary N) is 2. The first kappa shape index (κ1) is 19.4. The number of anilines is 1. The van der Waals surface area contributed by atoms with Gasteiger partial charge in [0.15, 0.2) is 0 Å². The van der Waals surface area contributed by atoms with Gasteiger partial charge in [0.25, 0.3) is 5.91 Å². The summed E-state index contributed by atoms with van der Waals surface area (Å²) in [5.74, 6) is -1.19. The van der Waals surface area contributed by atoms with Crippen LogP contribution in [0.5, 0.6) is 0 Å². The van der Waals surface area contributed by atoms with Crippen LogP contribution < -0.4 is 10.0 Å². The number of hydrogen-bond acceptors (Lipinski definition) is 3. The predicted molar refractivity (Wildman–Crippen MR) is 95.9 cm³/mol. The van der Waals surface area contributed by atoms with Crippen molar-refractivity contribution in [3.63, 3.8) is 0 Å². The Bertz CT molecular complexity index is 891. The summed E-state index contributed by atoms with van der Waals surface area (Å²) in [5, 5.41) is 2.68. The second-order valence-electron chi connectivity index (χ2n) is 6.46. The third-order valence-corrected chi connectivity index (χ3v) is 5.05. The molecule has 2 N–H and O–H groups in total. The van der Waals surface area contributed by atoms with Gasteiger partial charge in [-0.1, -0.05) is 11.6 Å². The van der Waals surface area contributed by atoms with Crippen molar-refractivity contribution >= 4 is 33.2 Å². The molecule has 25 heavy (non-hydrogen) atoms. The van der Waals surface area contributed by atoms with E-state index in [1.807, 2.05) is 0 Å². The minimum atomic E-state index is -3.69. The topological polar surface area (TPSA) is 75.3 Å². The summed E-state index contributed by atoms with van der Waals surface area (Å²) in [5.41, 5.74) is -0.489. The Hall–Kier alpha value is -1.96. The molecule has 0 unspecified atom stereocenters. The van der Waals surface area contributed by atoms with Gasteiger partial charge in [0.05, 0.1) is 10.6 Å². The lowest BCUT2D eigenvalue weighted by atomic mass is 10.1. The lowest BCUT2D eigenvalue weighted by molar-refractivity contribution is 0.102. The fourth-order valence-electron chi connectivity index (χ4n) is 2.04. The van der Waals surface area contributed by atoms with E-state index in [-0.39, 0.29) is 21.2 Å². The molecule has 0 bridgehead atoms. The molecule has 0 saturated heterocycles. The van der Waals surface area contributed by atoms with E-state index >= 15 is 0 Å². The van der Waals surface area contributed by atoms with Gasteiger partial charge in [-0.25, -0.2) is 17.5 Å². The maximum atomic E-state index is 13.7. The molecule has 0 aliphatic rings. The number of benzene rings is 2. The lowest BCUT2D eigenvalue weighted by Gasteiger charge is -2.20. The third kappa shape index (κ3) is 5.26. The molecule has 2 aromatic carbocycles. The molecular weight excluding hydrogens is 367 g/mol. The zero-order valence-electron chi connectivity index (χ0n) is 13.9. The van der Waals surface area contributed by atoms with Gasteiger partial charge in [-0.15, -0.1) is 0 Å². The molecule has 134 valence electrons. The van der Waals surface area contributed by atoms with Crippen LogP contribution >= 0.6 is 11.6 Å². The highest BCUT2D eigenvalue weighted by Crippen LogP contribution is 2.21. The Morgan fingerprint density at radius 1 is 1.08 bits per heavy atom. The second kappa shape index (κ2) is 7.11. The molecule has 0 aromatic heterocycles. The number of rotatable bonds is 4. The average Bonchev–Trinajstić information content (AvgIpc) is 2.48. The quantitative estimate of drug-likeness (QED) is 0.841. The van der Waals surface area contributed by atoms with E-state index in [0.29, 0.717) is 0 Å². The summed E-state index contributed by atoms with van der Waals surface area (Å²) in [6.07, 6.45) is 0. The number of sulfonamides is 1. The van der Waals surface area contributed by atoms with E-state index in [9.17, 15) is 17.6 Å². The number of hydrogen-bond donors (Lipinski definition) is 2. The second-order valence-corrected chi connectivity index (χ2v) is 8.58. The summed E-state index contributed by atoms with van der Waals surface area (Å²) >= 11 is 5.78. The van der Waals surface area contributed by atoms with Crippen LogP contribution in [0.4, 0.5) is 10.1 Å². The summed E-state index contributed by atoms with van der Waals surface area (Å²) in [7, 11) is -3.69. The van der Waals surface area contributed by atoms with E-state index in [1.54, 1.807) is 20.8 Å². The van der Waals surface area contributed by atoms with Gasteiger partial charge in [0.1, 0.15) is 5.82 Å². The molecule has 8 heteroatoms. The monoisotopic (exact) mass is 384 g/mol. The van der Waals surface area contributed by atoms with Gasteiger partial charge in [-0.2, -0.15) is 0 Å². The Morgan fingerprint density at radius 3 is 2.24 bits per heavy atom. The maximum Gasteiger partial charge on any atom is 0.255 e. The van der Waals surface area contributed by atoms with Gasteiger partial charge < -0.3 is 5.32 Å². The summed E-state index contributed by atoms with van der Waals surface area (Å²) in [4.78, 5) is 12.2. The predicted octanol–water partition coefficient (Wildman–Crippen LogP) is 3.81. The zero-order chi connectivity index (χ0) is 18.8. The maximum absolute atomic E-state index is 13.7. The van der Waals surface area contributed by atoms with Crippen LogP contribution in [0.3, 0.4) is 0 Å². The molecule has 0 heterocycles. The average molecular weight is 385 g/mol. The minimum Gasteiger partial charge on any atom is -0.319 e. The van der Waals surface area contributed by atoms with E-state index in [2.05, 4.69) is 10.0 Å². The lowest BCUT2D eigenvalue weighted by Crippen LogP contribution is -2.40. The van der Waals surface area contributed by atoms with Crippen LogP contribution in [0.2, 0.25) is 5.02 Å². The van der Waals surface area contributed by atoms with Crippen LogP contribution in [0, 0.1) is 5.82 Å². The first-order valence-corrected chi connectivity index (χ1v) is 9.24. The van der Waals surface area contributed by atoms with Crippen LogP contribution in [0.25, 0.3) is 0 Å². The minimum absolute atomic E-state index is 0.0351. The summed E-state index contributed by atoms with van der Waals surface area (Å²) < 4.78 is 40.6. The molecular formula is C17H18ClFN2O3S. The highest BCUT2D eigenvalue weighted by molar-refractivity contribution is 7.89. The van der Waals surface area contributed by atoms with Gasteiger partial charge >= 0.3 is 0 Å². The highest BCUT2D eigenvalue weighted by Gasteiger charge is 2.22. The van der Waals surface area contributed by atoms with Crippen molar-refractivity contribution in [3.05, 3.63) is 58.9 Å². The van der Waals surface area contributed by atoms with Gasteiger partial charge in [-0.05, 0) is 63.2 Å². The van der Waals surface area contributed by atoms with Crippen molar-refractivity contribution in [2.45, 2.75) is 31.2 Å². The largest absolute Gasteiger partial charge is 0.319 e. The first-order valence-electron chi connectivity index (χ1n) is 7.38. The smallest absolute Gasteiger partial charge is 0.255 e. The molecule has 0 aliphatic heterocycles. The van der Waals surface area contributed by atoms with E-state index in [1.165, 1.54) is 36.4 Å². The van der Waals surface area contributed by atoms with E-state index < -0.39 is 27.3 Å². The van der Waals surface area contributed by atoms with Crippen LogP contribution in [0.15, 0.2) is 47.4 Å². The molecule has 2 aromatic rings. The molecule has 0 atom stereocenters. The third-order valence-electron chi connectivity index (χ3n) is 3.04. The SMILES string of the molecule is CC(C)(C)NS(=O)(=O)c1ccc(C(=O)Nc2cc(Cl)ccc2F)cc1. The van der Waals surface area contributed by atoms with Crippen molar-refractivity contribution in [2.24, 2.45) is 0 Å². The zero-order valence-corrected chi connectivity index (χ0v) is 15.5. The molecule has 2 rings (SSSR count). The normalized spacial score (nSPS) is 12.0. The highest BCUT2D eigenvalue weighted by atomic mass is 35.5. The molecule has 0 aliphatic carbocycles. The van der Waals surface area contributed by atoms with Gasteiger partial charge in [0.2, 0.25) is 10.0 Å². The van der Waals surface area contributed by atoms with Gasteiger partial charge in [-0.3, -0.25) is 4.79 Å². The molecule has 0 fully saturated rings. The Labute approximate surface area is 151 Å². The Morgan fingerprint density at radius 2 is 1.68 bits per heavy atom. The van der Waals surface area contributed by atoms with Crippen LogP contribution in [-0.2, 0) is 10.0 Å². The van der Waals surface area contributed by atoms with E-state index in [0.717, 1.165) is 6.07 Å². The van der Waals surface area contributed by atoms with Crippen LogP contribution in [0.1, 0.15) is 31.1 Å². The van der Waals surface area contributed by atoms with Crippen molar-refractivity contribution in [1.29, 1.82) is 0 Å². The van der Waals surface area contributed by atoms with Crippen molar-refractivity contribution in [1.82, 2.24) is 4.72 Å². The fourth-order valence-corrected chi connectivity index (χ4v) is 3.63. The molecule has 1 amide bonds. The fraction of sp³-hybridized carbons (Fsp3) is 0.235. The van der Waals surface area contributed by atoms with Crippen molar-refractivity contribution < 1.29 is 17.6 Å². The molecule has 0 saturated carbocycles. The summed E-state index contributed by atoms with van der Waals surface area (Å²) in [6.45, 7) is 5.18. The number of carbonyl (C=O) groups excluding carboxylic acids is 1. The van der Waals surface area contributed by atoms with Gasteiger partial charge in [0, 0.05) is 16.1 Å². The number of carbonyl (C=O) groups is 1. The Balaban J connectivity index is 2.19. The molecule has 5 nitrogen and oxygen atoms in total. The number of halogens is 2.